The Hall–Kier alpha value is -2.37. The Bertz CT molecular complexity index is 562. The smallest absolute Gasteiger partial charge is 0.335 e. The Kier molecular flexibility index (Phi) is 6.10. The van der Waals surface area contributed by atoms with Crippen LogP contribution in [-0.2, 0) is 9.59 Å². The molecule has 0 saturated heterocycles. The molecule has 120 valence electrons. The number of benzene rings is 1. The van der Waals surface area contributed by atoms with Gasteiger partial charge in [0.1, 0.15) is 0 Å². The number of hydrogen-bond donors (Lipinski definition) is 3. The highest BCUT2D eigenvalue weighted by Gasteiger charge is 2.20. The monoisotopic (exact) mass is 306 g/mol. The fourth-order valence-electron chi connectivity index (χ4n) is 1.67. The number of carbonyl (C=O) groups is 3. The summed E-state index contributed by atoms with van der Waals surface area (Å²) in [4.78, 5) is 34.2. The molecule has 1 aromatic rings. The molecule has 0 atom stereocenters. The van der Waals surface area contributed by atoms with Gasteiger partial charge in [0.25, 0.3) is 0 Å². The zero-order chi connectivity index (χ0) is 16.8. The molecule has 22 heavy (non-hydrogen) atoms. The lowest BCUT2D eigenvalue weighted by Crippen LogP contribution is -2.35. The van der Waals surface area contributed by atoms with Gasteiger partial charge in [-0.2, -0.15) is 0 Å². The van der Waals surface area contributed by atoms with Crippen molar-refractivity contribution in [2.45, 2.75) is 33.6 Å². The summed E-state index contributed by atoms with van der Waals surface area (Å²) in [6.45, 7) is 5.90. The van der Waals surface area contributed by atoms with E-state index in [1.807, 2.05) is 20.8 Å². The fourth-order valence-corrected chi connectivity index (χ4v) is 1.67. The molecule has 0 aromatic heterocycles. The summed E-state index contributed by atoms with van der Waals surface area (Å²) >= 11 is 0. The molecule has 0 aliphatic rings. The van der Waals surface area contributed by atoms with E-state index in [2.05, 4.69) is 10.6 Å². The van der Waals surface area contributed by atoms with Gasteiger partial charge < -0.3 is 15.7 Å². The average Bonchev–Trinajstić information content (AvgIpc) is 2.42. The van der Waals surface area contributed by atoms with Crippen LogP contribution in [0.25, 0.3) is 0 Å². The number of rotatable bonds is 6. The second-order valence-electron chi connectivity index (χ2n) is 6.04. The lowest BCUT2D eigenvalue weighted by Gasteiger charge is -2.17. The maximum atomic E-state index is 11.8. The van der Waals surface area contributed by atoms with Gasteiger partial charge in [0.2, 0.25) is 11.8 Å². The van der Waals surface area contributed by atoms with Crippen molar-refractivity contribution >= 4 is 23.5 Å². The normalized spacial score (nSPS) is 10.9. The van der Waals surface area contributed by atoms with Gasteiger partial charge >= 0.3 is 5.97 Å². The molecule has 0 spiro atoms. The quantitative estimate of drug-likeness (QED) is 0.702. The minimum absolute atomic E-state index is 0.0536. The number of hydrogen-bond acceptors (Lipinski definition) is 3. The summed E-state index contributed by atoms with van der Waals surface area (Å²) in [6.07, 6.45) is 0.772. The molecule has 0 bridgehead atoms. The predicted octanol–water partition coefficient (Wildman–Crippen LogP) is 2.27. The van der Waals surface area contributed by atoms with Crippen LogP contribution in [0.5, 0.6) is 0 Å². The summed E-state index contributed by atoms with van der Waals surface area (Å²) in [5.74, 6) is -1.31. The third-order valence-electron chi connectivity index (χ3n) is 2.94. The fraction of sp³-hybridized carbons (Fsp3) is 0.438. The molecule has 6 nitrogen and oxygen atoms in total. The van der Waals surface area contributed by atoms with Crippen LogP contribution in [0.15, 0.2) is 24.3 Å². The van der Waals surface area contributed by atoms with Crippen molar-refractivity contribution in [3.8, 4) is 0 Å². The minimum Gasteiger partial charge on any atom is -0.478 e. The van der Waals surface area contributed by atoms with E-state index in [9.17, 15) is 14.4 Å². The first-order chi connectivity index (χ1) is 10.2. The number of carboxylic acid groups (broad SMARTS) is 1. The molecule has 1 rings (SSSR count). The van der Waals surface area contributed by atoms with Crippen molar-refractivity contribution in [1.82, 2.24) is 5.32 Å². The molecule has 0 aliphatic heterocycles. The van der Waals surface area contributed by atoms with Crippen LogP contribution in [0.1, 0.15) is 44.0 Å². The van der Waals surface area contributed by atoms with E-state index in [0.717, 1.165) is 0 Å². The van der Waals surface area contributed by atoms with Gasteiger partial charge in [-0.1, -0.05) is 26.8 Å². The van der Waals surface area contributed by atoms with Gasteiger partial charge in [-0.3, -0.25) is 9.59 Å². The van der Waals surface area contributed by atoms with E-state index in [4.69, 9.17) is 5.11 Å². The van der Waals surface area contributed by atoms with Gasteiger partial charge in [-0.15, -0.1) is 0 Å². The topological polar surface area (TPSA) is 95.5 Å². The first-order valence-corrected chi connectivity index (χ1v) is 7.11. The van der Waals surface area contributed by atoms with Crippen molar-refractivity contribution in [2.24, 2.45) is 5.41 Å². The van der Waals surface area contributed by atoms with Gasteiger partial charge in [0.15, 0.2) is 0 Å². The van der Waals surface area contributed by atoms with E-state index < -0.39 is 11.4 Å². The van der Waals surface area contributed by atoms with Crippen LogP contribution in [0.2, 0.25) is 0 Å². The molecular weight excluding hydrogens is 284 g/mol. The van der Waals surface area contributed by atoms with Crippen LogP contribution in [0, 0.1) is 5.41 Å². The van der Waals surface area contributed by atoms with E-state index in [0.29, 0.717) is 18.7 Å². The Balaban J connectivity index is 2.37. The van der Waals surface area contributed by atoms with Crippen molar-refractivity contribution < 1.29 is 19.5 Å². The highest BCUT2D eigenvalue weighted by Crippen LogP contribution is 2.13. The number of anilines is 1. The Morgan fingerprint density at radius 2 is 1.86 bits per heavy atom. The Labute approximate surface area is 129 Å². The number of nitrogens with one attached hydrogen (secondary N) is 2. The van der Waals surface area contributed by atoms with Crippen molar-refractivity contribution in [3.63, 3.8) is 0 Å². The molecule has 0 unspecified atom stereocenters. The zero-order valence-corrected chi connectivity index (χ0v) is 13.1. The number of carbonyl (C=O) groups excluding carboxylic acids is 2. The second kappa shape index (κ2) is 7.59. The number of amides is 2. The summed E-state index contributed by atoms with van der Waals surface area (Å²) in [7, 11) is 0. The van der Waals surface area contributed by atoms with E-state index in [-0.39, 0.29) is 23.8 Å². The van der Waals surface area contributed by atoms with Crippen LogP contribution in [0.4, 0.5) is 5.69 Å². The molecule has 0 saturated carbocycles. The lowest BCUT2D eigenvalue weighted by molar-refractivity contribution is -0.128. The molecule has 0 heterocycles. The highest BCUT2D eigenvalue weighted by molar-refractivity contribution is 5.93. The number of carboxylic acids is 1. The minimum atomic E-state index is -1.04. The van der Waals surface area contributed by atoms with Crippen molar-refractivity contribution in [2.75, 3.05) is 11.9 Å². The molecule has 0 radical (unpaired) electrons. The van der Waals surface area contributed by atoms with Crippen LogP contribution < -0.4 is 10.6 Å². The molecule has 1 aromatic carbocycles. The largest absolute Gasteiger partial charge is 0.478 e. The van der Waals surface area contributed by atoms with Crippen molar-refractivity contribution in [1.29, 1.82) is 0 Å². The lowest BCUT2D eigenvalue weighted by atomic mass is 9.96. The standard InChI is InChI=1S/C16H22N2O4/c1-16(2,3)15(22)17-9-5-8-13(19)18-12-7-4-6-11(10-12)14(20)21/h4,6-7,10H,5,8-9H2,1-3H3,(H,17,22)(H,18,19)(H,20,21). The Morgan fingerprint density at radius 3 is 2.45 bits per heavy atom. The van der Waals surface area contributed by atoms with Crippen LogP contribution in [0.3, 0.4) is 0 Å². The summed E-state index contributed by atoms with van der Waals surface area (Å²) < 4.78 is 0. The molecular formula is C16H22N2O4. The average molecular weight is 306 g/mol. The van der Waals surface area contributed by atoms with Gasteiger partial charge in [-0.25, -0.2) is 4.79 Å². The molecule has 6 heteroatoms. The number of aromatic carboxylic acids is 1. The highest BCUT2D eigenvalue weighted by atomic mass is 16.4. The van der Waals surface area contributed by atoms with Crippen LogP contribution in [-0.4, -0.2) is 29.4 Å². The van der Waals surface area contributed by atoms with E-state index >= 15 is 0 Å². The first kappa shape index (κ1) is 17.7. The van der Waals surface area contributed by atoms with E-state index in [1.165, 1.54) is 12.1 Å². The SMILES string of the molecule is CC(C)(C)C(=O)NCCCC(=O)Nc1cccc(C(=O)O)c1. The molecule has 0 aliphatic carbocycles. The summed E-state index contributed by atoms with van der Waals surface area (Å²) in [5, 5.41) is 14.3. The van der Waals surface area contributed by atoms with Crippen LogP contribution >= 0.6 is 0 Å². The first-order valence-electron chi connectivity index (χ1n) is 7.11. The maximum absolute atomic E-state index is 11.8. The molecule has 0 fully saturated rings. The Morgan fingerprint density at radius 1 is 1.18 bits per heavy atom. The zero-order valence-electron chi connectivity index (χ0n) is 13.1. The third kappa shape index (κ3) is 5.95. The van der Waals surface area contributed by atoms with Crippen molar-refractivity contribution in [3.05, 3.63) is 29.8 Å². The molecule has 2 amide bonds. The van der Waals surface area contributed by atoms with Gasteiger partial charge in [-0.05, 0) is 24.6 Å². The summed E-state index contributed by atoms with van der Waals surface area (Å²) in [6, 6.07) is 6.07. The molecule has 3 N–H and O–H groups in total. The van der Waals surface area contributed by atoms with E-state index in [1.54, 1.807) is 12.1 Å². The maximum Gasteiger partial charge on any atom is 0.335 e. The van der Waals surface area contributed by atoms with Gasteiger partial charge in [0, 0.05) is 24.1 Å². The third-order valence-corrected chi connectivity index (χ3v) is 2.94. The predicted molar refractivity (Wildman–Crippen MR) is 83.7 cm³/mol. The summed E-state index contributed by atoms with van der Waals surface area (Å²) in [5.41, 5.74) is 0.123. The van der Waals surface area contributed by atoms with Gasteiger partial charge in [0.05, 0.1) is 5.56 Å². The second-order valence-corrected chi connectivity index (χ2v) is 6.04.